The van der Waals surface area contributed by atoms with Crippen molar-refractivity contribution in [1.82, 2.24) is 5.32 Å². The molecule has 0 unspecified atom stereocenters. The molecule has 1 aliphatic carbocycles. The van der Waals surface area contributed by atoms with E-state index < -0.39 is 11.9 Å². The minimum absolute atomic E-state index is 0.104. The van der Waals surface area contributed by atoms with Crippen LogP contribution in [0.1, 0.15) is 46.8 Å². The number of carbonyl (C=O) groups excluding carboxylic acids is 2. The molecule has 2 aliphatic rings. The van der Waals surface area contributed by atoms with Crippen molar-refractivity contribution < 1.29 is 23.8 Å². The second-order valence-corrected chi connectivity index (χ2v) is 11.1. The van der Waals surface area contributed by atoms with Crippen LogP contribution in [0.15, 0.2) is 95.7 Å². The fraction of sp³-hybridized carbons (Fsp3) is 0.176. The number of ether oxygens (including phenoxy) is 3. The van der Waals surface area contributed by atoms with Gasteiger partial charge in [-0.05, 0) is 70.5 Å². The first-order valence-electron chi connectivity index (χ1n) is 13.4. The minimum atomic E-state index is -0.639. The van der Waals surface area contributed by atoms with E-state index in [2.05, 4.69) is 52.2 Å². The number of nitrogens with one attached hydrogen (secondary N) is 1. The summed E-state index contributed by atoms with van der Waals surface area (Å²) in [5.74, 6) is -0.0700. The van der Waals surface area contributed by atoms with Crippen LogP contribution in [0.5, 0.6) is 11.5 Å². The third-order valence-corrected chi connectivity index (χ3v) is 8.38. The second kappa shape index (κ2) is 11.0. The number of halogens is 1. The number of carbonyl (C=O) groups is 2. The van der Waals surface area contributed by atoms with E-state index in [1.165, 1.54) is 0 Å². The number of dihydropyridines is 1. The Hall–Kier alpha value is -4.11. The topological polar surface area (TPSA) is 73.9 Å². The summed E-state index contributed by atoms with van der Waals surface area (Å²) in [7, 11) is 1.59. The summed E-state index contributed by atoms with van der Waals surface area (Å²) in [6.45, 7) is 4.20. The smallest absolute Gasteiger partial charge is 0.336 e. The average Bonchev–Trinajstić information content (AvgIpc) is 3.26. The Morgan fingerprint density at radius 2 is 1.71 bits per heavy atom. The van der Waals surface area contributed by atoms with Gasteiger partial charge in [0.05, 0.1) is 28.6 Å². The maximum absolute atomic E-state index is 13.8. The first kappa shape index (κ1) is 27.1. The van der Waals surface area contributed by atoms with Crippen molar-refractivity contribution in [3.63, 3.8) is 0 Å². The number of methoxy groups -OCH3 is 1. The van der Waals surface area contributed by atoms with E-state index in [4.69, 9.17) is 14.2 Å². The van der Waals surface area contributed by atoms with Gasteiger partial charge in [-0.15, -0.1) is 0 Å². The number of allylic oxidation sites excluding steroid dienone is 2. The van der Waals surface area contributed by atoms with E-state index in [0.717, 1.165) is 36.7 Å². The molecule has 0 spiro atoms. The molecule has 0 saturated carbocycles. The quantitative estimate of drug-likeness (QED) is 0.168. The molecule has 41 heavy (non-hydrogen) atoms. The lowest BCUT2D eigenvalue weighted by molar-refractivity contribution is -0.138. The van der Waals surface area contributed by atoms with Crippen molar-refractivity contribution in [1.29, 1.82) is 0 Å². The summed E-state index contributed by atoms with van der Waals surface area (Å²) < 4.78 is 18.5. The maximum atomic E-state index is 13.8. The van der Waals surface area contributed by atoms with E-state index in [0.29, 0.717) is 40.5 Å². The van der Waals surface area contributed by atoms with Crippen molar-refractivity contribution in [2.45, 2.75) is 26.4 Å². The third-order valence-electron chi connectivity index (χ3n) is 7.58. The molecule has 0 fully saturated rings. The predicted molar refractivity (Wildman–Crippen MR) is 167 cm³/mol. The van der Waals surface area contributed by atoms with E-state index in [1.807, 2.05) is 61.5 Å². The highest BCUT2D eigenvalue weighted by atomic mass is 127. The highest BCUT2D eigenvalue weighted by Gasteiger charge is 2.43. The lowest BCUT2D eigenvalue weighted by Gasteiger charge is -2.30. The van der Waals surface area contributed by atoms with Crippen molar-refractivity contribution in [2.24, 2.45) is 0 Å². The van der Waals surface area contributed by atoms with Gasteiger partial charge in [0.2, 0.25) is 0 Å². The minimum Gasteiger partial charge on any atom is -0.493 e. The number of benzene rings is 4. The Morgan fingerprint density at radius 3 is 2.49 bits per heavy atom. The van der Waals surface area contributed by atoms with Crippen LogP contribution in [0.4, 0.5) is 0 Å². The van der Waals surface area contributed by atoms with Crippen LogP contribution >= 0.6 is 22.6 Å². The monoisotopic (exact) mass is 657 g/mol. The van der Waals surface area contributed by atoms with Gasteiger partial charge in [-0.25, -0.2) is 4.79 Å². The SMILES string of the molecule is CCOC(=O)C1=C(C)NC2=C(C(=O)c3ccccc32)[C@@H]1c1cc(I)c(OCc2cccc3ccccc23)c(OC)c1. The predicted octanol–water partition coefficient (Wildman–Crippen LogP) is 7.16. The first-order valence-corrected chi connectivity index (χ1v) is 14.5. The van der Waals surface area contributed by atoms with Crippen molar-refractivity contribution in [3.8, 4) is 11.5 Å². The molecule has 0 saturated heterocycles. The summed E-state index contributed by atoms with van der Waals surface area (Å²) in [5.41, 5.74) is 5.59. The van der Waals surface area contributed by atoms with Crippen LogP contribution in [0.25, 0.3) is 16.5 Å². The normalized spacial score (nSPS) is 15.9. The van der Waals surface area contributed by atoms with Gasteiger partial charge in [0.1, 0.15) is 6.61 Å². The molecule has 7 heteroatoms. The zero-order valence-electron chi connectivity index (χ0n) is 22.9. The van der Waals surface area contributed by atoms with Gasteiger partial charge in [-0.2, -0.15) is 0 Å². The Kier molecular flexibility index (Phi) is 7.30. The molecule has 4 aromatic carbocycles. The Bertz CT molecular complexity index is 1780. The molecule has 0 aromatic heterocycles. The van der Waals surface area contributed by atoms with Crippen LogP contribution in [-0.4, -0.2) is 25.5 Å². The van der Waals surface area contributed by atoms with E-state index in [9.17, 15) is 9.59 Å². The highest BCUT2D eigenvalue weighted by Crippen LogP contribution is 2.48. The summed E-state index contributed by atoms with van der Waals surface area (Å²) in [6.07, 6.45) is 0. The molecule has 6 nitrogen and oxygen atoms in total. The molecule has 1 N–H and O–H groups in total. The molecule has 1 atom stereocenters. The van der Waals surface area contributed by atoms with Gasteiger partial charge in [0.25, 0.3) is 0 Å². The molecule has 6 rings (SSSR count). The van der Waals surface area contributed by atoms with E-state index >= 15 is 0 Å². The Morgan fingerprint density at radius 1 is 0.976 bits per heavy atom. The van der Waals surface area contributed by atoms with Crippen molar-refractivity contribution in [3.05, 3.63) is 122 Å². The summed E-state index contributed by atoms with van der Waals surface area (Å²) in [5, 5.41) is 5.62. The van der Waals surface area contributed by atoms with Gasteiger partial charge in [-0.1, -0.05) is 66.7 Å². The zero-order chi connectivity index (χ0) is 28.7. The van der Waals surface area contributed by atoms with Gasteiger partial charge in [-0.3, -0.25) is 4.79 Å². The lowest BCUT2D eigenvalue weighted by Crippen LogP contribution is -2.29. The average molecular weight is 658 g/mol. The van der Waals surface area contributed by atoms with Crippen LogP contribution in [-0.2, 0) is 16.1 Å². The van der Waals surface area contributed by atoms with Gasteiger partial charge in [0.15, 0.2) is 17.3 Å². The molecule has 0 bridgehead atoms. The fourth-order valence-corrected chi connectivity index (χ4v) is 6.54. The summed E-state index contributed by atoms with van der Waals surface area (Å²) in [6, 6.07) is 25.7. The van der Waals surface area contributed by atoms with E-state index in [1.54, 1.807) is 14.0 Å². The van der Waals surface area contributed by atoms with Crippen molar-refractivity contribution in [2.75, 3.05) is 13.7 Å². The number of fused-ring (bicyclic) bond motifs is 3. The zero-order valence-corrected chi connectivity index (χ0v) is 25.1. The lowest BCUT2D eigenvalue weighted by atomic mass is 9.79. The van der Waals surface area contributed by atoms with Crippen LogP contribution in [0, 0.1) is 3.57 Å². The number of ketones is 1. The molecular weight excluding hydrogens is 629 g/mol. The first-order chi connectivity index (χ1) is 19.9. The third kappa shape index (κ3) is 4.68. The molecule has 4 aromatic rings. The second-order valence-electron chi connectivity index (χ2n) is 9.94. The van der Waals surface area contributed by atoms with Gasteiger partial charge < -0.3 is 19.5 Å². The maximum Gasteiger partial charge on any atom is 0.336 e. The molecule has 206 valence electrons. The number of rotatable bonds is 7. The molecule has 1 heterocycles. The van der Waals surface area contributed by atoms with Crippen LogP contribution in [0.3, 0.4) is 0 Å². The van der Waals surface area contributed by atoms with E-state index in [-0.39, 0.29) is 12.4 Å². The largest absolute Gasteiger partial charge is 0.493 e. The van der Waals surface area contributed by atoms with Crippen LogP contribution in [0.2, 0.25) is 0 Å². The molecular formula is C34H28INO5. The summed E-state index contributed by atoms with van der Waals surface area (Å²) in [4.78, 5) is 27.1. The molecule has 0 amide bonds. The Labute approximate surface area is 252 Å². The number of esters is 1. The van der Waals surface area contributed by atoms with Crippen molar-refractivity contribution >= 4 is 50.8 Å². The van der Waals surface area contributed by atoms with Crippen LogP contribution < -0.4 is 14.8 Å². The molecule has 0 radical (unpaired) electrons. The van der Waals surface area contributed by atoms with Gasteiger partial charge in [0, 0.05) is 28.3 Å². The number of hydrogen-bond acceptors (Lipinski definition) is 6. The molecule has 1 aliphatic heterocycles. The number of Topliss-reactive ketones (excluding diaryl/α,β-unsaturated/α-hetero) is 1. The fourth-order valence-electron chi connectivity index (χ4n) is 5.76. The number of hydrogen-bond donors (Lipinski definition) is 1. The standard InChI is InChI=1S/C34H28INO5/c1-4-40-34(38)28-19(2)36-31-24-14-7-8-15-25(24)32(37)30(31)29(28)22-16-26(35)33(27(17-22)39-3)41-18-21-12-9-11-20-10-5-6-13-23(20)21/h5-17,29,36H,4,18H2,1-3H3/t29-/m1/s1. The summed E-state index contributed by atoms with van der Waals surface area (Å²) >= 11 is 2.23. The highest BCUT2D eigenvalue weighted by molar-refractivity contribution is 14.1. The Balaban J connectivity index is 1.43. The van der Waals surface area contributed by atoms with Gasteiger partial charge >= 0.3 is 5.97 Å².